The van der Waals surface area contributed by atoms with Crippen molar-refractivity contribution in [1.82, 2.24) is 5.32 Å². The number of urea groups is 1. The van der Waals surface area contributed by atoms with Gasteiger partial charge in [0.1, 0.15) is 5.75 Å². The van der Waals surface area contributed by atoms with Crippen molar-refractivity contribution in [3.63, 3.8) is 0 Å². The van der Waals surface area contributed by atoms with Gasteiger partial charge in [-0.2, -0.15) is 0 Å². The van der Waals surface area contributed by atoms with Gasteiger partial charge in [-0.1, -0.05) is 0 Å². The molecule has 1 aromatic rings. The van der Waals surface area contributed by atoms with E-state index in [1.165, 1.54) is 12.1 Å². The fourth-order valence-corrected chi connectivity index (χ4v) is 0.881. The van der Waals surface area contributed by atoms with Crippen molar-refractivity contribution in [2.45, 2.75) is 6.92 Å². The summed E-state index contributed by atoms with van der Waals surface area (Å²) in [4.78, 5) is 11.0. The molecule has 0 radical (unpaired) electrons. The first-order valence-electron chi connectivity index (χ1n) is 4.06. The molecule has 0 spiro atoms. The molecule has 0 aliphatic rings. The Labute approximate surface area is 76.6 Å². The van der Waals surface area contributed by atoms with Gasteiger partial charge in [0.2, 0.25) is 0 Å². The summed E-state index contributed by atoms with van der Waals surface area (Å²) in [6.45, 7) is 2.43. The zero-order chi connectivity index (χ0) is 9.68. The van der Waals surface area contributed by atoms with E-state index in [4.69, 9.17) is 5.11 Å². The van der Waals surface area contributed by atoms with E-state index in [0.717, 1.165) is 0 Å². The quantitative estimate of drug-likeness (QED) is 0.604. The Kier molecular flexibility index (Phi) is 3.14. The molecule has 4 nitrogen and oxygen atoms in total. The molecule has 0 atom stereocenters. The third-order valence-corrected chi connectivity index (χ3v) is 1.46. The molecule has 0 aliphatic carbocycles. The van der Waals surface area contributed by atoms with Crippen molar-refractivity contribution in [3.8, 4) is 5.75 Å². The lowest BCUT2D eigenvalue weighted by Gasteiger charge is -2.04. The van der Waals surface area contributed by atoms with Gasteiger partial charge in [-0.05, 0) is 31.2 Å². The smallest absolute Gasteiger partial charge is 0.319 e. The van der Waals surface area contributed by atoms with Gasteiger partial charge in [0.25, 0.3) is 0 Å². The van der Waals surface area contributed by atoms with Gasteiger partial charge in [-0.15, -0.1) is 0 Å². The topological polar surface area (TPSA) is 61.4 Å². The van der Waals surface area contributed by atoms with E-state index in [1.54, 1.807) is 12.1 Å². The molecule has 1 rings (SSSR count). The van der Waals surface area contributed by atoms with Crippen LogP contribution in [0.4, 0.5) is 10.5 Å². The molecular weight excluding hydrogens is 168 g/mol. The van der Waals surface area contributed by atoms with E-state index in [9.17, 15) is 4.79 Å². The van der Waals surface area contributed by atoms with Crippen LogP contribution in [0, 0.1) is 0 Å². The number of rotatable bonds is 2. The Balaban J connectivity index is 2.54. The molecule has 0 saturated heterocycles. The van der Waals surface area contributed by atoms with Crippen LogP contribution in [0.5, 0.6) is 5.75 Å². The van der Waals surface area contributed by atoms with Crippen LogP contribution in [-0.4, -0.2) is 17.7 Å². The van der Waals surface area contributed by atoms with Crippen molar-refractivity contribution in [3.05, 3.63) is 24.3 Å². The molecule has 13 heavy (non-hydrogen) atoms. The number of benzene rings is 1. The highest BCUT2D eigenvalue weighted by Crippen LogP contribution is 2.13. The number of carbonyl (C=O) groups excluding carboxylic acids is 1. The van der Waals surface area contributed by atoms with Crippen molar-refractivity contribution >= 4 is 11.7 Å². The van der Waals surface area contributed by atoms with Crippen LogP contribution >= 0.6 is 0 Å². The summed E-state index contributed by atoms with van der Waals surface area (Å²) < 4.78 is 0. The average Bonchev–Trinajstić information content (AvgIpc) is 2.09. The van der Waals surface area contributed by atoms with E-state index >= 15 is 0 Å². The van der Waals surface area contributed by atoms with Crippen LogP contribution in [-0.2, 0) is 0 Å². The molecule has 0 saturated carbocycles. The molecule has 4 heteroatoms. The Hall–Kier alpha value is -1.71. The number of aromatic hydroxyl groups is 1. The van der Waals surface area contributed by atoms with Gasteiger partial charge >= 0.3 is 6.03 Å². The summed E-state index contributed by atoms with van der Waals surface area (Å²) in [6, 6.07) is 6.05. The fourth-order valence-electron chi connectivity index (χ4n) is 0.881. The third-order valence-electron chi connectivity index (χ3n) is 1.46. The lowest BCUT2D eigenvalue weighted by Crippen LogP contribution is -2.28. The maximum absolute atomic E-state index is 11.0. The number of hydrogen-bond donors (Lipinski definition) is 3. The second-order valence-corrected chi connectivity index (χ2v) is 2.53. The van der Waals surface area contributed by atoms with Crippen molar-refractivity contribution in [1.29, 1.82) is 0 Å². The van der Waals surface area contributed by atoms with E-state index in [1.807, 2.05) is 6.92 Å². The van der Waals surface area contributed by atoms with Crippen LogP contribution in [0.25, 0.3) is 0 Å². The van der Waals surface area contributed by atoms with Gasteiger partial charge in [-0.3, -0.25) is 0 Å². The lowest BCUT2D eigenvalue weighted by atomic mass is 10.3. The summed E-state index contributed by atoms with van der Waals surface area (Å²) in [6.07, 6.45) is 0. The van der Waals surface area contributed by atoms with Crippen LogP contribution in [0.2, 0.25) is 0 Å². The molecule has 0 fully saturated rings. The lowest BCUT2D eigenvalue weighted by molar-refractivity contribution is 0.252. The highest BCUT2D eigenvalue weighted by atomic mass is 16.3. The largest absolute Gasteiger partial charge is 0.508 e. The zero-order valence-corrected chi connectivity index (χ0v) is 7.37. The van der Waals surface area contributed by atoms with Crippen LogP contribution in [0.15, 0.2) is 24.3 Å². The number of phenolic OH excluding ortho intramolecular Hbond substituents is 1. The third kappa shape index (κ3) is 3.02. The van der Waals surface area contributed by atoms with Crippen molar-refractivity contribution < 1.29 is 9.90 Å². The molecule has 70 valence electrons. The van der Waals surface area contributed by atoms with Crippen LogP contribution < -0.4 is 10.6 Å². The number of phenols is 1. The average molecular weight is 180 g/mol. The zero-order valence-electron chi connectivity index (χ0n) is 7.37. The molecule has 0 heterocycles. The first-order chi connectivity index (χ1) is 6.22. The predicted molar refractivity (Wildman–Crippen MR) is 50.8 cm³/mol. The minimum Gasteiger partial charge on any atom is -0.508 e. The summed E-state index contributed by atoms with van der Waals surface area (Å²) >= 11 is 0. The molecule has 1 aromatic carbocycles. The highest BCUT2D eigenvalue weighted by molar-refractivity contribution is 5.89. The number of carbonyl (C=O) groups is 1. The first kappa shape index (κ1) is 9.38. The van der Waals surface area contributed by atoms with E-state index < -0.39 is 0 Å². The number of amides is 2. The first-order valence-corrected chi connectivity index (χ1v) is 4.06. The maximum atomic E-state index is 11.0. The molecule has 3 N–H and O–H groups in total. The Bertz CT molecular complexity index is 282. The van der Waals surface area contributed by atoms with Gasteiger partial charge in [0.15, 0.2) is 0 Å². The van der Waals surface area contributed by atoms with Crippen molar-refractivity contribution in [2.24, 2.45) is 0 Å². The Morgan fingerprint density at radius 2 is 2.00 bits per heavy atom. The van der Waals surface area contributed by atoms with E-state index in [-0.39, 0.29) is 11.8 Å². The minimum absolute atomic E-state index is 0.182. The fraction of sp³-hybridized carbons (Fsp3) is 0.222. The van der Waals surface area contributed by atoms with Gasteiger partial charge in [-0.25, -0.2) is 4.79 Å². The maximum Gasteiger partial charge on any atom is 0.319 e. The van der Waals surface area contributed by atoms with Gasteiger partial charge in [0.05, 0.1) is 0 Å². The summed E-state index contributed by atoms with van der Waals surface area (Å²) in [5.41, 5.74) is 0.656. The molecule has 0 aromatic heterocycles. The van der Waals surface area contributed by atoms with Crippen molar-refractivity contribution in [2.75, 3.05) is 11.9 Å². The van der Waals surface area contributed by atoms with Gasteiger partial charge < -0.3 is 15.7 Å². The Morgan fingerprint density at radius 1 is 1.38 bits per heavy atom. The summed E-state index contributed by atoms with van der Waals surface area (Å²) in [5, 5.41) is 14.2. The molecule has 2 amide bonds. The number of hydrogen-bond acceptors (Lipinski definition) is 2. The van der Waals surface area contributed by atoms with E-state index in [0.29, 0.717) is 12.2 Å². The number of anilines is 1. The van der Waals surface area contributed by atoms with Gasteiger partial charge in [0, 0.05) is 12.2 Å². The van der Waals surface area contributed by atoms with E-state index in [2.05, 4.69) is 10.6 Å². The normalized spacial score (nSPS) is 9.31. The highest BCUT2D eigenvalue weighted by Gasteiger charge is 1.98. The molecule has 0 bridgehead atoms. The second kappa shape index (κ2) is 4.35. The predicted octanol–water partition coefficient (Wildman–Crippen LogP) is 1.53. The van der Waals surface area contributed by atoms with Crippen LogP contribution in [0.1, 0.15) is 6.92 Å². The summed E-state index contributed by atoms with van der Waals surface area (Å²) in [5.74, 6) is 0.182. The number of nitrogens with one attached hydrogen (secondary N) is 2. The standard InChI is InChI=1S/C9H12N2O2/c1-2-10-9(13)11-7-3-5-8(12)6-4-7/h3-6,12H,2H2,1H3,(H2,10,11,13). The Morgan fingerprint density at radius 3 is 2.54 bits per heavy atom. The van der Waals surface area contributed by atoms with Crippen LogP contribution in [0.3, 0.4) is 0 Å². The second-order valence-electron chi connectivity index (χ2n) is 2.53. The summed E-state index contributed by atoms with van der Waals surface area (Å²) in [7, 11) is 0. The SMILES string of the molecule is CCNC(=O)Nc1ccc(O)cc1. The minimum atomic E-state index is -0.242. The monoisotopic (exact) mass is 180 g/mol. The molecule has 0 unspecified atom stereocenters. The molecular formula is C9H12N2O2. The molecule has 0 aliphatic heterocycles.